The quantitative estimate of drug-likeness (QED) is 0.353. The average Bonchev–Trinajstić information content (AvgIpc) is 2.74. The number of ether oxygens (including phenoxy) is 2. The third kappa shape index (κ3) is 9.45. The molecular weight excluding hydrogens is 344 g/mol. The molecule has 0 bridgehead atoms. The Labute approximate surface area is 175 Å². The summed E-state index contributed by atoms with van der Waals surface area (Å²) in [6.45, 7) is 13.8. The van der Waals surface area contributed by atoms with Crippen LogP contribution in [0.25, 0.3) is 0 Å². The minimum absolute atomic E-state index is 0.123. The van der Waals surface area contributed by atoms with Gasteiger partial charge in [0.2, 0.25) is 0 Å². The van der Waals surface area contributed by atoms with E-state index in [1.54, 1.807) is 0 Å². The van der Waals surface area contributed by atoms with Crippen molar-refractivity contribution < 1.29 is 9.47 Å². The molecule has 1 fully saturated rings. The van der Waals surface area contributed by atoms with Crippen molar-refractivity contribution in [1.29, 1.82) is 0 Å². The predicted molar refractivity (Wildman–Crippen MR) is 122 cm³/mol. The molecular formula is C26H46O2. The summed E-state index contributed by atoms with van der Waals surface area (Å²) < 4.78 is 12.1. The van der Waals surface area contributed by atoms with E-state index in [-0.39, 0.29) is 6.29 Å². The van der Waals surface area contributed by atoms with E-state index >= 15 is 0 Å². The van der Waals surface area contributed by atoms with Gasteiger partial charge in [0.1, 0.15) is 5.75 Å². The Kier molecular flexibility index (Phi) is 13.3. The highest BCUT2D eigenvalue weighted by atomic mass is 16.7. The lowest BCUT2D eigenvalue weighted by atomic mass is 9.87. The summed E-state index contributed by atoms with van der Waals surface area (Å²) >= 11 is 0. The second-order valence-electron chi connectivity index (χ2n) is 8.42. The summed E-state index contributed by atoms with van der Waals surface area (Å²) in [6, 6.07) is 8.71. The van der Waals surface area contributed by atoms with Crippen LogP contribution in [0.4, 0.5) is 0 Å². The third-order valence-electron chi connectivity index (χ3n) is 5.76. The maximum Gasteiger partial charge on any atom is 0.199 e. The van der Waals surface area contributed by atoms with Gasteiger partial charge in [0.25, 0.3) is 0 Å². The SMILES string of the molecule is CC.CCC(OCCC1CCCCC1)Oc1ccc(C(CC)CC(C)C)cc1. The molecule has 1 saturated carbocycles. The standard InChI is InChI=1S/C24H40O2.C2H6/c1-5-21(18-19(3)4)22-12-14-23(15-13-22)26-24(6-2)25-17-16-20-10-8-7-9-11-20;1-2/h12-15,19-21,24H,5-11,16-18H2,1-4H3;1-2H3. The first-order chi connectivity index (χ1) is 13.6. The molecule has 0 heterocycles. The van der Waals surface area contributed by atoms with E-state index < -0.39 is 0 Å². The van der Waals surface area contributed by atoms with E-state index in [4.69, 9.17) is 9.47 Å². The van der Waals surface area contributed by atoms with E-state index in [1.807, 2.05) is 13.8 Å². The Morgan fingerprint density at radius 2 is 1.57 bits per heavy atom. The van der Waals surface area contributed by atoms with E-state index in [2.05, 4.69) is 52.0 Å². The summed E-state index contributed by atoms with van der Waals surface area (Å²) in [4.78, 5) is 0. The van der Waals surface area contributed by atoms with Crippen molar-refractivity contribution in [2.75, 3.05) is 6.61 Å². The molecule has 0 aromatic heterocycles. The molecule has 2 heteroatoms. The second-order valence-corrected chi connectivity index (χ2v) is 8.42. The smallest absolute Gasteiger partial charge is 0.199 e. The van der Waals surface area contributed by atoms with Crippen LogP contribution in [0.1, 0.15) is 111 Å². The van der Waals surface area contributed by atoms with Gasteiger partial charge in [0.15, 0.2) is 6.29 Å². The van der Waals surface area contributed by atoms with Gasteiger partial charge in [-0.15, -0.1) is 0 Å². The van der Waals surface area contributed by atoms with Crippen molar-refractivity contribution >= 4 is 0 Å². The van der Waals surface area contributed by atoms with Crippen LogP contribution in [0.5, 0.6) is 5.75 Å². The van der Waals surface area contributed by atoms with Crippen molar-refractivity contribution in [3.8, 4) is 5.75 Å². The summed E-state index contributed by atoms with van der Waals surface area (Å²) in [6.07, 6.45) is 11.4. The molecule has 0 N–H and O–H groups in total. The van der Waals surface area contributed by atoms with Crippen LogP contribution in [0.2, 0.25) is 0 Å². The maximum atomic E-state index is 6.08. The largest absolute Gasteiger partial charge is 0.465 e. The summed E-state index contributed by atoms with van der Waals surface area (Å²) in [7, 11) is 0. The van der Waals surface area contributed by atoms with Gasteiger partial charge in [-0.3, -0.25) is 0 Å². The van der Waals surface area contributed by atoms with Crippen LogP contribution in [0, 0.1) is 11.8 Å². The highest BCUT2D eigenvalue weighted by molar-refractivity contribution is 5.29. The fourth-order valence-corrected chi connectivity index (χ4v) is 4.16. The molecule has 1 aliphatic rings. The van der Waals surface area contributed by atoms with Crippen LogP contribution in [-0.2, 0) is 4.74 Å². The highest BCUT2D eigenvalue weighted by Crippen LogP contribution is 2.29. The van der Waals surface area contributed by atoms with Gasteiger partial charge in [-0.1, -0.05) is 85.8 Å². The van der Waals surface area contributed by atoms with Crippen molar-refractivity contribution in [3.63, 3.8) is 0 Å². The van der Waals surface area contributed by atoms with Gasteiger partial charge in [-0.05, 0) is 54.7 Å². The molecule has 162 valence electrons. The Bertz CT molecular complexity index is 474. The molecule has 28 heavy (non-hydrogen) atoms. The number of hydrogen-bond acceptors (Lipinski definition) is 2. The lowest BCUT2D eigenvalue weighted by Gasteiger charge is -2.23. The third-order valence-corrected chi connectivity index (χ3v) is 5.76. The zero-order chi connectivity index (χ0) is 20.8. The monoisotopic (exact) mass is 390 g/mol. The van der Waals surface area contributed by atoms with E-state index in [0.29, 0.717) is 5.92 Å². The normalized spacial score (nSPS) is 17.0. The molecule has 1 aliphatic carbocycles. The summed E-state index contributed by atoms with van der Waals surface area (Å²) in [5.74, 6) is 3.18. The van der Waals surface area contributed by atoms with Crippen LogP contribution in [0.15, 0.2) is 24.3 Å². The summed E-state index contributed by atoms with van der Waals surface area (Å²) in [5.41, 5.74) is 1.43. The molecule has 0 amide bonds. The topological polar surface area (TPSA) is 18.5 Å². The number of hydrogen-bond donors (Lipinski definition) is 0. The Hall–Kier alpha value is -1.02. The Balaban J connectivity index is 0.00000190. The molecule has 2 rings (SSSR count). The molecule has 1 aromatic rings. The van der Waals surface area contributed by atoms with Crippen LogP contribution in [0.3, 0.4) is 0 Å². The molecule has 0 saturated heterocycles. The minimum Gasteiger partial charge on any atom is -0.465 e. The van der Waals surface area contributed by atoms with Crippen molar-refractivity contribution in [2.24, 2.45) is 11.8 Å². The van der Waals surface area contributed by atoms with E-state index in [1.165, 1.54) is 56.9 Å². The first-order valence-corrected chi connectivity index (χ1v) is 12.0. The van der Waals surface area contributed by atoms with Crippen molar-refractivity contribution in [2.45, 2.75) is 112 Å². The second kappa shape index (κ2) is 14.9. The van der Waals surface area contributed by atoms with E-state index in [9.17, 15) is 0 Å². The number of benzene rings is 1. The zero-order valence-electron chi connectivity index (χ0n) is 19.5. The lowest BCUT2D eigenvalue weighted by molar-refractivity contribution is -0.0856. The molecule has 1 aromatic carbocycles. The fourth-order valence-electron chi connectivity index (χ4n) is 4.16. The fraction of sp³-hybridized carbons (Fsp3) is 0.769. The van der Waals surface area contributed by atoms with Gasteiger partial charge < -0.3 is 9.47 Å². The highest BCUT2D eigenvalue weighted by Gasteiger charge is 2.16. The Morgan fingerprint density at radius 3 is 2.11 bits per heavy atom. The van der Waals surface area contributed by atoms with Crippen molar-refractivity contribution in [3.05, 3.63) is 29.8 Å². The van der Waals surface area contributed by atoms with Crippen LogP contribution in [-0.4, -0.2) is 12.9 Å². The van der Waals surface area contributed by atoms with Crippen LogP contribution < -0.4 is 4.74 Å². The molecule has 2 nitrogen and oxygen atoms in total. The Morgan fingerprint density at radius 1 is 0.929 bits per heavy atom. The first-order valence-electron chi connectivity index (χ1n) is 12.0. The molecule has 0 aliphatic heterocycles. The van der Waals surface area contributed by atoms with Gasteiger partial charge >= 0.3 is 0 Å². The molecule has 0 radical (unpaired) electrons. The first kappa shape index (κ1) is 25.0. The van der Waals surface area contributed by atoms with E-state index in [0.717, 1.165) is 30.6 Å². The summed E-state index contributed by atoms with van der Waals surface area (Å²) in [5, 5.41) is 0. The average molecular weight is 391 g/mol. The zero-order valence-corrected chi connectivity index (χ0v) is 19.5. The van der Waals surface area contributed by atoms with Gasteiger partial charge in [0.05, 0.1) is 6.61 Å². The molecule has 2 unspecified atom stereocenters. The van der Waals surface area contributed by atoms with Crippen LogP contribution >= 0.6 is 0 Å². The molecule has 2 atom stereocenters. The lowest BCUT2D eigenvalue weighted by Crippen LogP contribution is -2.21. The number of rotatable bonds is 11. The van der Waals surface area contributed by atoms with Gasteiger partial charge in [-0.25, -0.2) is 0 Å². The van der Waals surface area contributed by atoms with Crippen molar-refractivity contribution in [1.82, 2.24) is 0 Å². The minimum atomic E-state index is -0.123. The molecule has 0 spiro atoms. The maximum absolute atomic E-state index is 6.08. The van der Waals surface area contributed by atoms with Gasteiger partial charge in [-0.2, -0.15) is 0 Å². The predicted octanol–water partition coefficient (Wildman–Crippen LogP) is 8.35. The van der Waals surface area contributed by atoms with Gasteiger partial charge in [0, 0.05) is 6.42 Å².